The van der Waals surface area contributed by atoms with Gasteiger partial charge in [-0.05, 0) is 55.2 Å². The summed E-state index contributed by atoms with van der Waals surface area (Å²) in [5, 5.41) is 3.20. The van der Waals surface area contributed by atoms with E-state index in [9.17, 15) is 0 Å². The molecule has 124 valence electrons. The summed E-state index contributed by atoms with van der Waals surface area (Å²) in [4.78, 5) is 2.60. The molecular formula is C22H26N2. The van der Waals surface area contributed by atoms with Crippen LogP contribution in [-0.4, -0.2) is 25.0 Å². The van der Waals surface area contributed by atoms with E-state index in [-0.39, 0.29) is 0 Å². The van der Waals surface area contributed by atoms with Gasteiger partial charge in [0, 0.05) is 18.5 Å². The zero-order valence-electron chi connectivity index (χ0n) is 14.5. The summed E-state index contributed by atoms with van der Waals surface area (Å²) < 4.78 is 0. The molecule has 0 saturated carbocycles. The Morgan fingerprint density at radius 2 is 1.67 bits per heavy atom. The zero-order valence-corrected chi connectivity index (χ0v) is 14.5. The van der Waals surface area contributed by atoms with Crippen molar-refractivity contribution in [2.75, 3.05) is 20.1 Å². The molecule has 2 aliphatic rings. The first-order valence-electron chi connectivity index (χ1n) is 9.03. The van der Waals surface area contributed by atoms with Gasteiger partial charge in [0.25, 0.3) is 0 Å². The summed E-state index contributed by atoms with van der Waals surface area (Å²) in [5.74, 6) is 0. The second kappa shape index (κ2) is 6.54. The first-order valence-corrected chi connectivity index (χ1v) is 9.03. The lowest BCUT2D eigenvalue weighted by Crippen LogP contribution is -2.40. The third-order valence-corrected chi connectivity index (χ3v) is 5.64. The number of piperidine rings is 1. The molecule has 1 aliphatic carbocycles. The number of fused-ring (bicyclic) bond motifs is 2. The van der Waals surface area contributed by atoms with Crippen molar-refractivity contribution in [2.45, 2.75) is 31.3 Å². The fraction of sp³-hybridized carbons (Fsp3) is 0.364. The lowest BCUT2D eigenvalue weighted by Gasteiger charge is -2.39. The smallest absolute Gasteiger partial charge is 0.0233 e. The third kappa shape index (κ3) is 2.92. The molecule has 1 heterocycles. The van der Waals surface area contributed by atoms with Crippen LogP contribution in [0.1, 0.15) is 35.1 Å². The van der Waals surface area contributed by atoms with Crippen molar-refractivity contribution < 1.29 is 0 Å². The Labute approximate surface area is 145 Å². The van der Waals surface area contributed by atoms with Crippen LogP contribution in [-0.2, 0) is 18.5 Å². The molecule has 2 heteroatoms. The second-order valence-electron chi connectivity index (χ2n) is 7.20. The Balaban J connectivity index is 1.39. The van der Waals surface area contributed by atoms with Gasteiger partial charge in [-0.3, -0.25) is 4.90 Å². The minimum atomic E-state index is 0.295. The van der Waals surface area contributed by atoms with Gasteiger partial charge in [-0.2, -0.15) is 0 Å². The van der Waals surface area contributed by atoms with Crippen molar-refractivity contribution in [1.29, 1.82) is 0 Å². The predicted molar refractivity (Wildman–Crippen MR) is 101 cm³/mol. The molecule has 0 atom stereocenters. The van der Waals surface area contributed by atoms with Crippen molar-refractivity contribution in [3.8, 4) is 0 Å². The Bertz CT molecular complexity index is 722. The molecule has 0 radical (unpaired) electrons. The van der Waals surface area contributed by atoms with Crippen LogP contribution in [0.3, 0.4) is 0 Å². The fourth-order valence-electron chi connectivity index (χ4n) is 4.21. The van der Waals surface area contributed by atoms with Crippen LogP contribution in [0, 0.1) is 0 Å². The Kier molecular flexibility index (Phi) is 4.26. The summed E-state index contributed by atoms with van der Waals surface area (Å²) in [5.41, 5.74) is 6.04. The Morgan fingerprint density at radius 3 is 2.42 bits per heavy atom. The quantitative estimate of drug-likeness (QED) is 0.918. The molecule has 2 aromatic carbocycles. The first-order chi connectivity index (χ1) is 11.8. The van der Waals surface area contributed by atoms with E-state index in [2.05, 4.69) is 70.9 Å². The molecule has 0 bridgehead atoms. The summed E-state index contributed by atoms with van der Waals surface area (Å²) in [6, 6.07) is 18.0. The van der Waals surface area contributed by atoms with Gasteiger partial charge in [-0.1, -0.05) is 60.7 Å². The summed E-state index contributed by atoms with van der Waals surface area (Å²) >= 11 is 0. The van der Waals surface area contributed by atoms with Gasteiger partial charge in [-0.25, -0.2) is 0 Å². The van der Waals surface area contributed by atoms with E-state index in [0.717, 1.165) is 13.1 Å². The van der Waals surface area contributed by atoms with Crippen LogP contribution in [0.25, 0.3) is 6.08 Å². The molecule has 1 fully saturated rings. The largest absolute Gasteiger partial charge is 0.316 e. The highest BCUT2D eigenvalue weighted by Gasteiger charge is 2.37. The van der Waals surface area contributed by atoms with Crippen LogP contribution in [0.2, 0.25) is 0 Å². The average molecular weight is 318 g/mol. The first kappa shape index (κ1) is 15.6. The molecular weight excluding hydrogens is 292 g/mol. The number of hydrogen-bond donors (Lipinski definition) is 1. The molecule has 1 saturated heterocycles. The van der Waals surface area contributed by atoms with Gasteiger partial charge in [0.1, 0.15) is 0 Å². The van der Waals surface area contributed by atoms with Crippen molar-refractivity contribution in [1.82, 2.24) is 10.2 Å². The summed E-state index contributed by atoms with van der Waals surface area (Å²) in [6.45, 7) is 4.37. The fourth-order valence-corrected chi connectivity index (χ4v) is 4.21. The van der Waals surface area contributed by atoms with Crippen LogP contribution >= 0.6 is 0 Å². The highest BCUT2D eigenvalue weighted by atomic mass is 15.1. The Morgan fingerprint density at radius 1 is 0.958 bits per heavy atom. The molecule has 0 aromatic heterocycles. The van der Waals surface area contributed by atoms with Crippen LogP contribution < -0.4 is 5.32 Å². The van der Waals surface area contributed by atoms with E-state index in [1.807, 2.05) is 7.05 Å². The number of nitrogens with one attached hydrogen (secondary N) is 1. The van der Waals surface area contributed by atoms with Gasteiger partial charge in [0.05, 0.1) is 0 Å². The van der Waals surface area contributed by atoms with Crippen molar-refractivity contribution in [3.63, 3.8) is 0 Å². The number of rotatable bonds is 4. The molecule has 4 rings (SSSR count). The molecule has 1 spiro atoms. The van der Waals surface area contributed by atoms with E-state index in [1.165, 1.54) is 42.6 Å². The summed E-state index contributed by atoms with van der Waals surface area (Å²) in [6.07, 6.45) is 7.25. The topological polar surface area (TPSA) is 15.3 Å². The number of nitrogens with zero attached hydrogens (tertiary/aromatic N) is 1. The molecule has 24 heavy (non-hydrogen) atoms. The van der Waals surface area contributed by atoms with Crippen LogP contribution in [0.5, 0.6) is 0 Å². The standard InChI is InChI=1S/C22H26N2/c1-23-16-18-6-8-19(9-7-18)17-24-14-12-22(13-15-24)11-10-20-4-2-3-5-21(20)22/h2-11,23H,12-17H2,1H3. The van der Waals surface area contributed by atoms with Crippen molar-refractivity contribution >= 4 is 6.08 Å². The van der Waals surface area contributed by atoms with E-state index in [4.69, 9.17) is 0 Å². The zero-order chi connectivity index (χ0) is 16.4. The van der Waals surface area contributed by atoms with Gasteiger partial charge in [0.15, 0.2) is 0 Å². The maximum Gasteiger partial charge on any atom is 0.0233 e. The number of allylic oxidation sites excluding steroid dienone is 1. The van der Waals surface area contributed by atoms with E-state index < -0.39 is 0 Å². The monoisotopic (exact) mass is 318 g/mol. The van der Waals surface area contributed by atoms with E-state index in [1.54, 1.807) is 5.56 Å². The van der Waals surface area contributed by atoms with Crippen molar-refractivity contribution in [3.05, 3.63) is 76.9 Å². The van der Waals surface area contributed by atoms with Gasteiger partial charge in [0.2, 0.25) is 0 Å². The lowest BCUT2D eigenvalue weighted by molar-refractivity contribution is 0.177. The maximum atomic E-state index is 3.20. The lowest BCUT2D eigenvalue weighted by atomic mass is 9.74. The molecule has 1 N–H and O–H groups in total. The van der Waals surface area contributed by atoms with Gasteiger partial charge >= 0.3 is 0 Å². The number of hydrogen-bond acceptors (Lipinski definition) is 2. The average Bonchev–Trinajstić information content (AvgIpc) is 2.98. The highest BCUT2D eigenvalue weighted by molar-refractivity contribution is 5.65. The minimum absolute atomic E-state index is 0.295. The SMILES string of the molecule is CNCc1ccc(CN2CCC3(C=Cc4ccccc43)CC2)cc1. The third-order valence-electron chi connectivity index (χ3n) is 5.64. The molecule has 0 unspecified atom stereocenters. The molecule has 2 nitrogen and oxygen atoms in total. The van der Waals surface area contributed by atoms with Crippen LogP contribution in [0.4, 0.5) is 0 Å². The molecule has 0 amide bonds. The van der Waals surface area contributed by atoms with E-state index >= 15 is 0 Å². The van der Waals surface area contributed by atoms with Crippen molar-refractivity contribution in [2.24, 2.45) is 0 Å². The van der Waals surface area contributed by atoms with Gasteiger partial charge in [-0.15, -0.1) is 0 Å². The van der Waals surface area contributed by atoms with E-state index in [0.29, 0.717) is 5.41 Å². The number of benzene rings is 2. The maximum absolute atomic E-state index is 3.20. The molecule has 2 aromatic rings. The predicted octanol–water partition coefficient (Wildman–Crippen LogP) is 3.97. The minimum Gasteiger partial charge on any atom is -0.316 e. The highest BCUT2D eigenvalue weighted by Crippen LogP contribution is 2.43. The number of likely N-dealkylation sites (tertiary alicyclic amines) is 1. The van der Waals surface area contributed by atoms with Gasteiger partial charge < -0.3 is 5.32 Å². The Hall–Kier alpha value is -1.90. The summed E-state index contributed by atoms with van der Waals surface area (Å²) in [7, 11) is 1.99. The normalized spacial score (nSPS) is 18.9. The molecule has 1 aliphatic heterocycles. The second-order valence-corrected chi connectivity index (χ2v) is 7.20. The van der Waals surface area contributed by atoms with Crippen LogP contribution in [0.15, 0.2) is 54.6 Å².